The van der Waals surface area contributed by atoms with E-state index < -0.39 is 0 Å². The molecule has 0 radical (unpaired) electrons. The lowest BCUT2D eigenvalue weighted by Gasteiger charge is -2.37. The van der Waals surface area contributed by atoms with Crippen molar-refractivity contribution in [1.82, 2.24) is 10.2 Å². The van der Waals surface area contributed by atoms with Gasteiger partial charge in [0, 0.05) is 23.6 Å². The van der Waals surface area contributed by atoms with Crippen molar-refractivity contribution in [2.45, 2.75) is 38.8 Å². The van der Waals surface area contributed by atoms with Crippen LogP contribution in [0.4, 0.5) is 0 Å². The molecule has 0 saturated heterocycles. The molecule has 1 aromatic rings. The Hall–Kier alpha value is -0.380. The fourth-order valence-corrected chi connectivity index (χ4v) is 3.94. The first-order valence-electron chi connectivity index (χ1n) is 7.68. The molecule has 3 heteroatoms. The summed E-state index contributed by atoms with van der Waals surface area (Å²) in [5.74, 6) is 1.66. The van der Waals surface area contributed by atoms with Gasteiger partial charge in [0.25, 0.3) is 0 Å². The Kier molecular flexibility index (Phi) is 6.06. The molecule has 2 rings (SSSR count). The molecule has 0 spiro atoms. The zero-order chi connectivity index (χ0) is 14.5. The van der Waals surface area contributed by atoms with Crippen LogP contribution in [-0.2, 0) is 6.54 Å². The Morgan fingerprint density at radius 2 is 2.15 bits per heavy atom. The minimum absolute atomic E-state index is 0.691. The molecule has 20 heavy (non-hydrogen) atoms. The van der Waals surface area contributed by atoms with Crippen LogP contribution in [0.2, 0.25) is 0 Å². The summed E-state index contributed by atoms with van der Waals surface area (Å²) < 4.78 is 1.17. The topological polar surface area (TPSA) is 15.3 Å². The molecular formula is C17H27BrN2. The predicted octanol–water partition coefficient (Wildman–Crippen LogP) is 3.91. The maximum Gasteiger partial charge on any atom is 0.0231 e. The van der Waals surface area contributed by atoms with E-state index in [-0.39, 0.29) is 0 Å². The molecule has 0 aliphatic heterocycles. The van der Waals surface area contributed by atoms with Crippen LogP contribution in [0.15, 0.2) is 28.7 Å². The van der Waals surface area contributed by atoms with E-state index in [1.807, 2.05) is 0 Å². The van der Waals surface area contributed by atoms with E-state index in [1.54, 1.807) is 0 Å². The lowest BCUT2D eigenvalue weighted by Crippen LogP contribution is -2.43. The van der Waals surface area contributed by atoms with Gasteiger partial charge in [-0.3, -0.25) is 0 Å². The maximum atomic E-state index is 3.55. The number of nitrogens with one attached hydrogen (secondary N) is 1. The van der Waals surface area contributed by atoms with E-state index in [4.69, 9.17) is 0 Å². The molecule has 1 saturated carbocycles. The third kappa shape index (κ3) is 4.57. The molecular weight excluding hydrogens is 312 g/mol. The highest BCUT2D eigenvalue weighted by atomic mass is 79.9. The summed E-state index contributed by atoms with van der Waals surface area (Å²) in [5.41, 5.74) is 1.38. The average Bonchev–Trinajstić information content (AvgIpc) is 2.38. The quantitative estimate of drug-likeness (QED) is 0.875. The maximum absolute atomic E-state index is 3.55. The van der Waals surface area contributed by atoms with Crippen molar-refractivity contribution < 1.29 is 0 Å². The first-order valence-corrected chi connectivity index (χ1v) is 8.48. The molecule has 1 N–H and O–H groups in total. The second-order valence-corrected chi connectivity index (χ2v) is 7.32. The van der Waals surface area contributed by atoms with E-state index in [9.17, 15) is 0 Å². The minimum atomic E-state index is 0.691. The van der Waals surface area contributed by atoms with Gasteiger partial charge < -0.3 is 10.2 Å². The summed E-state index contributed by atoms with van der Waals surface area (Å²) in [4.78, 5) is 2.47. The van der Waals surface area contributed by atoms with Crippen molar-refractivity contribution in [3.8, 4) is 0 Å². The Balaban J connectivity index is 1.90. The zero-order valence-corrected chi connectivity index (χ0v) is 14.5. The number of nitrogens with zero attached hydrogens (tertiary/aromatic N) is 1. The molecule has 1 aliphatic rings. The molecule has 3 unspecified atom stereocenters. The number of hydrogen-bond acceptors (Lipinski definition) is 2. The van der Waals surface area contributed by atoms with E-state index in [0.717, 1.165) is 18.4 Å². The fraction of sp³-hybridized carbons (Fsp3) is 0.647. The summed E-state index contributed by atoms with van der Waals surface area (Å²) in [6.45, 7) is 4.61. The van der Waals surface area contributed by atoms with Crippen LogP contribution in [0, 0.1) is 11.8 Å². The largest absolute Gasteiger partial charge is 0.317 e. The highest BCUT2D eigenvalue weighted by Crippen LogP contribution is 2.29. The van der Waals surface area contributed by atoms with E-state index >= 15 is 0 Å². The number of rotatable bonds is 5. The molecule has 1 aliphatic carbocycles. The van der Waals surface area contributed by atoms with Gasteiger partial charge in [-0.1, -0.05) is 35.0 Å². The van der Waals surface area contributed by atoms with Crippen molar-refractivity contribution in [3.63, 3.8) is 0 Å². The van der Waals surface area contributed by atoms with Crippen molar-refractivity contribution in [3.05, 3.63) is 34.3 Å². The Morgan fingerprint density at radius 3 is 2.85 bits per heavy atom. The molecule has 1 aromatic carbocycles. The first-order chi connectivity index (χ1) is 9.58. The van der Waals surface area contributed by atoms with Crippen LogP contribution >= 0.6 is 15.9 Å². The second-order valence-electron chi connectivity index (χ2n) is 6.40. The van der Waals surface area contributed by atoms with Gasteiger partial charge in [0.1, 0.15) is 0 Å². The SMILES string of the molecule is CNC1CCC(C)CC1CN(C)Cc1cccc(Br)c1. The highest BCUT2D eigenvalue weighted by molar-refractivity contribution is 9.10. The van der Waals surface area contributed by atoms with Gasteiger partial charge in [0.2, 0.25) is 0 Å². The van der Waals surface area contributed by atoms with E-state index in [0.29, 0.717) is 6.04 Å². The van der Waals surface area contributed by atoms with Gasteiger partial charge in [-0.05, 0) is 62.9 Å². The van der Waals surface area contributed by atoms with Crippen molar-refractivity contribution in [1.29, 1.82) is 0 Å². The van der Waals surface area contributed by atoms with Crippen LogP contribution in [-0.4, -0.2) is 31.6 Å². The monoisotopic (exact) mass is 338 g/mol. The van der Waals surface area contributed by atoms with Gasteiger partial charge in [-0.2, -0.15) is 0 Å². The van der Waals surface area contributed by atoms with E-state index in [1.165, 1.54) is 35.8 Å². The van der Waals surface area contributed by atoms with Crippen LogP contribution in [0.1, 0.15) is 31.7 Å². The molecule has 112 valence electrons. The molecule has 0 heterocycles. The summed E-state index contributed by atoms with van der Waals surface area (Å²) in [6.07, 6.45) is 4.05. The molecule has 1 fully saturated rings. The van der Waals surface area contributed by atoms with Crippen LogP contribution in [0.3, 0.4) is 0 Å². The molecule has 0 bridgehead atoms. The summed E-state index contributed by atoms with van der Waals surface area (Å²) in [7, 11) is 4.36. The number of halogens is 1. The molecule has 0 aromatic heterocycles. The van der Waals surface area contributed by atoms with E-state index in [2.05, 4.69) is 71.4 Å². The number of hydrogen-bond donors (Lipinski definition) is 1. The van der Waals surface area contributed by atoms with Gasteiger partial charge in [-0.15, -0.1) is 0 Å². The standard InChI is InChI=1S/C17H27BrN2/c1-13-7-8-17(19-2)15(9-13)12-20(3)11-14-5-4-6-16(18)10-14/h4-6,10,13,15,17,19H,7-9,11-12H2,1-3H3. The summed E-state index contributed by atoms with van der Waals surface area (Å²) in [6, 6.07) is 9.32. The van der Waals surface area contributed by atoms with Crippen LogP contribution in [0.25, 0.3) is 0 Å². The lowest BCUT2D eigenvalue weighted by molar-refractivity contribution is 0.162. The Bertz CT molecular complexity index is 421. The molecule has 2 nitrogen and oxygen atoms in total. The van der Waals surface area contributed by atoms with Gasteiger partial charge in [0.05, 0.1) is 0 Å². The predicted molar refractivity (Wildman–Crippen MR) is 89.8 cm³/mol. The number of benzene rings is 1. The summed E-state index contributed by atoms with van der Waals surface area (Å²) >= 11 is 3.55. The fourth-order valence-electron chi connectivity index (χ4n) is 3.49. The van der Waals surface area contributed by atoms with Gasteiger partial charge in [-0.25, -0.2) is 0 Å². The third-order valence-electron chi connectivity index (χ3n) is 4.50. The first kappa shape index (κ1) is 16.0. The van der Waals surface area contributed by atoms with Crippen LogP contribution in [0.5, 0.6) is 0 Å². The van der Waals surface area contributed by atoms with Crippen LogP contribution < -0.4 is 5.32 Å². The molecule has 3 atom stereocenters. The Labute approximate surface area is 132 Å². The van der Waals surface area contributed by atoms with Crippen molar-refractivity contribution >= 4 is 15.9 Å². The average molecular weight is 339 g/mol. The third-order valence-corrected chi connectivity index (χ3v) is 5.00. The highest BCUT2D eigenvalue weighted by Gasteiger charge is 2.28. The summed E-state index contributed by atoms with van der Waals surface area (Å²) in [5, 5.41) is 3.52. The van der Waals surface area contributed by atoms with Gasteiger partial charge >= 0.3 is 0 Å². The Morgan fingerprint density at radius 1 is 1.35 bits per heavy atom. The smallest absolute Gasteiger partial charge is 0.0231 e. The normalized spacial score (nSPS) is 26.9. The van der Waals surface area contributed by atoms with Crippen molar-refractivity contribution in [2.75, 3.05) is 20.6 Å². The lowest BCUT2D eigenvalue weighted by atomic mass is 9.78. The zero-order valence-electron chi connectivity index (χ0n) is 12.9. The second kappa shape index (κ2) is 7.58. The molecule has 0 amide bonds. The van der Waals surface area contributed by atoms with Crippen molar-refractivity contribution in [2.24, 2.45) is 11.8 Å². The van der Waals surface area contributed by atoms with Gasteiger partial charge in [0.15, 0.2) is 0 Å². The minimum Gasteiger partial charge on any atom is -0.317 e.